The zero-order valence-corrected chi connectivity index (χ0v) is 23.5. The first-order valence-electron chi connectivity index (χ1n) is 15.0. The number of hydrogen-bond donors (Lipinski definition) is 6. The summed E-state index contributed by atoms with van der Waals surface area (Å²) >= 11 is 0. The predicted molar refractivity (Wildman–Crippen MR) is 151 cm³/mol. The lowest BCUT2D eigenvalue weighted by molar-refractivity contribution is -0.277. The summed E-state index contributed by atoms with van der Waals surface area (Å²) in [6.07, 6.45) is 8.09. The molecule has 1 aliphatic carbocycles. The second kappa shape index (κ2) is 17.5. The molecular formula is C30H48N2O8. The molecule has 0 aromatic heterocycles. The number of aliphatic hydroxyl groups excluding tert-OH is 4. The van der Waals surface area contributed by atoms with E-state index in [9.17, 15) is 30.0 Å². The second-order valence-electron chi connectivity index (χ2n) is 11.1. The Hall–Kier alpha value is -2.24. The number of ether oxygens (including phenoxy) is 2. The minimum atomic E-state index is -1.51. The molecule has 2 amide bonds. The highest BCUT2D eigenvalue weighted by Gasteiger charge is 2.44. The molecule has 1 saturated carbocycles. The van der Waals surface area contributed by atoms with E-state index in [0.717, 1.165) is 57.9 Å². The summed E-state index contributed by atoms with van der Waals surface area (Å²) in [6, 6.07) is 6.53. The van der Waals surface area contributed by atoms with Crippen molar-refractivity contribution >= 4 is 17.5 Å². The van der Waals surface area contributed by atoms with Crippen LogP contribution in [0.2, 0.25) is 0 Å². The van der Waals surface area contributed by atoms with Gasteiger partial charge in [-0.3, -0.25) is 9.59 Å². The van der Waals surface area contributed by atoms with Gasteiger partial charge in [-0.2, -0.15) is 0 Å². The van der Waals surface area contributed by atoms with Gasteiger partial charge >= 0.3 is 0 Å². The van der Waals surface area contributed by atoms with Gasteiger partial charge in [0.1, 0.15) is 30.2 Å². The Labute approximate surface area is 237 Å². The third kappa shape index (κ3) is 10.6. The summed E-state index contributed by atoms with van der Waals surface area (Å²) in [5, 5.41) is 45.1. The molecule has 1 aromatic carbocycles. The van der Waals surface area contributed by atoms with Crippen molar-refractivity contribution in [3.8, 4) is 5.75 Å². The van der Waals surface area contributed by atoms with Crippen LogP contribution in [0.25, 0.3) is 0 Å². The first-order valence-corrected chi connectivity index (χ1v) is 15.0. The minimum absolute atomic E-state index is 0.0575. The highest BCUT2D eigenvalue weighted by Crippen LogP contribution is 2.26. The largest absolute Gasteiger partial charge is 0.462 e. The lowest BCUT2D eigenvalue weighted by Crippen LogP contribution is -2.60. The van der Waals surface area contributed by atoms with Crippen LogP contribution < -0.4 is 15.4 Å². The van der Waals surface area contributed by atoms with Crippen LogP contribution in [0.15, 0.2) is 24.3 Å². The van der Waals surface area contributed by atoms with Gasteiger partial charge in [-0.25, -0.2) is 0 Å². The van der Waals surface area contributed by atoms with Crippen molar-refractivity contribution in [1.82, 2.24) is 5.32 Å². The maximum absolute atomic E-state index is 12.3. The molecule has 6 N–H and O–H groups in total. The molecule has 226 valence electrons. The van der Waals surface area contributed by atoms with Crippen molar-refractivity contribution in [2.24, 2.45) is 5.92 Å². The van der Waals surface area contributed by atoms with Gasteiger partial charge in [0.25, 0.3) is 0 Å². The van der Waals surface area contributed by atoms with E-state index >= 15 is 0 Å². The Balaban J connectivity index is 1.19. The quantitative estimate of drug-likeness (QED) is 0.167. The second-order valence-corrected chi connectivity index (χ2v) is 11.1. The lowest BCUT2D eigenvalue weighted by Gasteiger charge is -2.39. The molecule has 5 atom stereocenters. The highest BCUT2D eigenvalue weighted by molar-refractivity contribution is 5.90. The number of benzene rings is 1. The Kier molecular flexibility index (Phi) is 14.2. The van der Waals surface area contributed by atoms with Gasteiger partial charge in [0.15, 0.2) is 0 Å². The lowest BCUT2D eigenvalue weighted by atomic mass is 9.88. The third-order valence-corrected chi connectivity index (χ3v) is 7.84. The molecule has 0 bridgehead atoms. The summed E-state index contributed by atoms with van der Waals surface area (Å²) in [7, 11) is 0. The SMILES string of the molecule is O=C(CCCCCCCCCCNC(=O)C1CCCCC1)Nc1ccc(O[C@@H]2O[C@H](CO)[C@H](O)[C@H](O)[C@H]2O)cc1. The van der Waals surface area contributed by atoms with Gasteiger partial charge in [-0.1, -0.05) is 57.8 Å². The van der Waals surface area contributed by atoms with E-state index < -0.39 is 37.3 Å². The van der Waals surface area contributed by atoms with Gasteiger partial charge < -0.3 is 40.5 Å². The number of carbonyl (C=O) groups excluding carboxylic acids is 2. The number of aliphatic hydroxyl groups is 4. The average Bonchev–Trinajstić information content (AvgIpc) is 2.97. The first-order chi connectivity index (χ1) is 19.4. The van der Waals surface area contributed by atoms with E-state index in [1.165, 1.54) is 32.1 Å². The third-order valence-electron chi connectivity index (χ3n) is 7.84. The first kappa shape index (κ1) is 32.3. The Bertz CT molecular complexity index is 875. The maximum atomic E-state index is 12.3. The van der Waals surface area contributed by atoms with Crippen LogP contribution in [0, 0.1) is 5.92 Å². The van der Waals surface area contributed by atoms with Crippen molar-refractivity contribution in [1.29, 1.82) is 0 Å². The molecule has 1 aromatic rings. The van der Waals surface area contributed by atoms with Crippen LogP contribution in [0.5, 0.6) is 5.75 Å². The number of rotatable bonds is 16. The molecule has 0 spiro atoms. The highest BCUT2D eigenvalue weighted by atomic mass is 16.7. The number of amides is 2. The van der Waals surface area contributed by atoms with Crippen LogP contribution >= 0.6 is 0 Å². The molecule has 10 nitrogen and oxygen atoms in total. The molecular weight excluding hydrogens is 516 g/mol. The van der Waals surface area contributed by atoms with E-state index in [0.29, 0.717) is 17.9 Å². The van der Waals surface area contributed by atoms with E-state index in [-0.39, 0.29) is 17.7 Å². The molecule has 10 heteroatoms. The van der Waals surface area contributed by atoms with Crippen molar-refractivity contribution in [3.05, 3.63) is 24.3 Å². The topological polar surface area (TPSA) is 158 Å². The van der Waals surface area contributed by atoms with E-state index in [2.05, 4.69) is 10.6 Å². The van der Waals surface area contributed by atoms with Crippen molar-refractivity contribution in [3.63, 3.8) is 0 Å². The van der Waals surface area contributed by atoms with Gasteiger partial charge in [0.2, 0.25) is 18.1 Å². The molecule has 40 heavy (non-hydrogen) atoms. The number of carbonyl (C=O) groups is 2. The van der Waals surface area contributed by atoms with Crippen molar-refractivity contribution in [2.75, 3.05) is 18.5 Å². The van der Waals surface area contributed by atoms with Gasteiger partial charge in [-0.15, -0.1) is 0 Å². The van der Waals surface area contributed by atoms with Crippen LogP contribution in [0.3, 0.4) is 0 Å². The predicted octanol–water partition coefficient (Wildman–Crippen LogP) is 3.01. The van der Waals surface area contributed by atoms with Crippen LogP contribution in [0.1, 0.15) is 89.9 Å². The number of nitrogens with one attached hydrogen (secondary N) is 2. The fourth-order valence-electron chi connectivity index (χ4n) is 5.33. The van der Waals surface area contributed by atoms with Crippen LogP contribution in [-0.2, 0) is 14.3 Å². The number of unbranched alkanes of at least 4 members (excludes halogenated alkanes) is 7. The average molecular weight is 565 g/mol. The molecule has 2 aliphatic rings. The summed E-state index contributed by atoms with van der Waals surface area (Å²) in [6.45, 7) is 0.260. The monoisotopic (exact) mass is 564 g/mol. The Morgan fingerprint density at radius 2 is 1.45 bits per heavy atom. The normalized spacial score (nSPS) is 25.4. The molecule has 3 rings (SSSR count). The van der Waals surface area contributed by atoms with E-state index in [1.54, 1.807) is 24.3 Å². The van der Waals surface area contributed by atoms with Crippen molar-refractivity contribution in [2.45, 2.75) is 121 Å². The van der Waals surface area contributed by atoms with Crippen LogP contribution in [0.4, 0.5) is 5.69 Å². The molecule has 1 saturated heterocycles. The van der Waals surface area contributed by atoms with Gasteiger partial charge in [0.05, 0.1) is 6.61 Å². The molecule has 0 unspecified atom stereocenters. The van der Waals surface area contributed by atoms with E-state index in [4.69, 9.17) is 9.47 Å². The number of anilines is 1. The summed E-state index contributed by atoms with van der Waals surface area (Å²) < 4.78 is 10.9. The molecule has 0 radical (unpaired) electrons. The number of hydrogen-bond acceptors (Lipinski definition) is 8. The zero-order valence-electron chi connectivity index (χ0n) is 23.5. The Morgan fingerprint density at radius 1 is 0.825 bits per heavy atom. The zero-order chi connectivity index (χ0) is 28.7. The smallest absolute Gasteiger partial charge is 0.229 e. The molecule has 1 aliphatic heterocycles. The summed E-state index contributed by atoms with van der Waals surface area (Å²) in [4.78, 5) is 24.4. The van der Waals surface area contributed by atoms with Crippen molar-refractivity contribution < 1.29 is 39.5 Å². The van der Waals surface area contributed by atoms with Crippen LogP contribution in [-0.4, -0.2) is 76.1 Å². The Morgan fingerprint density at radius 3 is 2.10 bits per heavy atom. The standard InChI is InChI=1S/C30H48N2O8/c33-20-24-26(35)27(36)28(37)30(40-24)39-23-17-15-22(16-18-23)32-25(34)14-10-5-3-1-2-4-6-11-19-31-29(38)21-12-8-7-9-13-21/h15-18,21,24,26-28,30,33,35-37H,1-14,19-20H2,(H,31,38)(H,32,34)/t24-,26+,27+,28-,30-/m1/s1. The summed E-state index contributed by atoms with van der Waals surface area (Å²) in [5.74, 6) is 0.773. The van der Waals surface area contributed by atoms with Gasteiger partial charge in [0, 0.05) is 24.6 Å². The minimum Gasteiger partial charge on any atom is -0.462 e. The van der Waals surface area contributed by atoms with Gasteiger partial charge in [-0.05, 0) is 49.9 Å². The molecule has 2 fully saturated rings. The van der Waals surface area contributed by atoms with E-state index in [1.807, 2.05) is 0 Å². The molecule has 1 heterocycles. The summed E-state index contributed by atoms with van der Waals surface area (Å²) in [5.41, 5.74) is 0.612. The fraction of sp³-hybridized carbons (Fsp3) is 0.733. The fourth-order valence-corrected chi connectivity index (χ4v) is 5.33. The maximum Gasteiger partial charge on any atom is 0.229 e.